The number of aromatic nitrogens is 3. The smallest absolute Gasteiger partial charge is 0.242 e. The molecule has 0 bridgehead atoms. The van der Waals surface area contributed by atoms with Crippen LogP contribution in [0.2, 0.25) is 0 Å². The Labute approximate surface area is 382 Å². The third-order valence-corrected chi connectivity index (χ3v) is 12.6. The molecule has 63 heavy (non-hydrogen) atoms. The van der Waals surface area contributed by atoms with Gasteiger partial charge in [0.15, 0.2) is 0 Å². The number of amides is 3. The number of piperazine rings is 3. The third kappa shape index (κ3) is 14.6. The molecule has 3 N–H and O–H groups in total. The van der Waals surface area contributed by atoms with Gasteiger partial charge >= 0.3 is 0 Å². The summed E-state index contributed by atoms with van der Waals surface area (Å²) < 4.78 is 0. The van der Waals surface area contributed by atoms with Gasteiger partial charge in [-0.25, -0.2) is 0 Å². The maximum atomic E-state index is 13.8. The van der Waals surface area contributed by atoms with Crippen molar-refractivity contribution < 1.29 is 14.4 Å². The van der Waals surface area contributed by atoms with E-state index in [4.69, 9.17) is 15.0 Å². The minimum absolute atomic E-state index is 0.0965. The zero-order valence-electron chi connectivity index (χ0n) is 42.6. The lowest BCUT2D eigenvalue weighted by atomic mass is 9.90. The second-order valence-corrected chi connectivity index (χ2v) is 22.4. The fraction of sp³-hybridized carbons (Fsp3) is 0.875. The summed E-state index contributed by atoms with van der Waals surface area (Å²) in [6.45, 7) is 38.8. The lowest BCUT2D eigenvalue weighted by Gasteiger charge is -2.47. The van der Waals surface area contributed by atoms with Crippen LogP contribution in [0.4, 0.5) is 17.8 Å². The molecule has 3 aliphatic rings. The number of nitrogens with one attached hydrogen (secondary N) is 3. The predicted molar refractivity (Wildman–Crippen MR) is 259 cm³/mol. The van der Waals surface area contributed by atoms with Gasteiger partial charge in [0.05, 0.1) is 16.6 Å². The van der Waals surface area contributed by atoms with Crippen LogP contribution in [0.5, 0.6) is 0 Å². The van der Waals surface area contributed by atoms with E-state index in [0.717, 1.165) is 77.4 Å². The van der Waals surface area contributed by atoms with Crippen LogP contribution >= 0.6 is 0 Å². The van der Waals surface area contributed by atoms with E-state index < -0.39 is 16.6 Å². The zero-order valence-corrected chi connectivity index (χ0v) is 42.6. The van der Waals surface area contributed by atoms with Crippen molar-refractivity contribution in [3.05, 3.63) is 0 Å². The monoisotopic (exact) mass is 883 g/mol. The van der Waals surface area contributed by atoms with Gasteiger partial charge in [-0.15, -0.1) is 0 Å². The van der Waals surface area contributed by atoms with Crippen molar-refractivity contribution in [1.82, 2.24) is 45.6 Å². The Morgan fingerprint density at radius 1 is 0.413 bits per heavy atom. The van der Waals surface area contributed by atoms with Gasteiger partial charge in [0.2, 0.25) is 35.6 Å². The van der Waals surface area contributed by atoms with E-state index in [9.17, 15) is 14.4 Å². The van der Waals surface area contributed by atoms with Crippen molar-refractivity contribution in [2.24, 2.45) is 0 Å². The topological polar surface area (TPSA) is 145 Å². The summed E-state index contributed by atoms with van der Waals surface area (Å²) in [4.78, 5) is 70.3. The first-order chi connectivity index (χ1) is 29.2. The molecule has 0 unspecified atom stereocenters. The van der Waals surface area contributed by atoms with E-state index in [2.05, 4.69) is 93.0 Å². The summed E-state index contributed by atoms with van der Waals surface area (Å²) in [6, 6.07) is 0. The number of rotatable bonds is 24. The number of unbranched alkanes of at least 4 members (excludes halogenated alkanes) is 6. The second-order valence-electron chi connectivity index (χ2n) is 22.4. The van der Waals surface area contributed by atoms with Crippen molar-refractivity contribution in [2.75, 3.05) is 93.2 Å². The molecule has 15 heteroatoms. The minimum atomic E-state index is -0.674. The molecule has 3 aliphatic heterocycles. The lowest BCUT2D eigenvalue weighted by Crippen LogP contribution is -2.70. The highest BCUT2D eigenvalue weighted by molar-refractivity contribution is 5.88. The molecule has 0 radical (unpaired) electrons. The standard InChI is InChI=1S/C48H90N12O3/c1-16-19-22-25-55(28-31-58-34-43(4,5)52-46(10,11)37(58)61)40-49-41(56(26-23-20-17-2)29-32-59-35-44(6,7)53-47(12,13)38(59)62)51-42(50-40)57(27-24-21-18-3)30-33-60-36-45(8,9)54-48(14,15)39(60)63/h52-54H,16-36H2,1-15H3. The van der Waals surface area contributed by atoms with Crippen LogP contribution in [-0.4, -0.2) is 159 Å². The molecule has 15 nitrogen and oxygen atoms in total. The number of carbonyl (C=O) groups is 3. The van der Waals surface area contributed by atoms with Crippen LogP contribution in [0.1, 0.15) is 162 Å². The summed E-state index contributed by atoms with van der Waals surface area (Å²) >= 11 is 0. The number of hydrogen-bond acceptors (Lipinski definition) is 12. The Hall–Kier alpha value is -3.30. The Morgan fingerprint density at radius 2 is 0.651 bits per heavy atom. The van der Waals surface area contributed by atoms with Crippen molar-refractivity contribution >= 4 is 35.6 Å². The van der Waals surface area contributed by atoms with Crippen molar-refractivity contribution in [2.45, 2.75) is 195 Å². The maximum absolute atomic E-state index is 13.8. The van der Waals surface area contributed by atoms with E-state index in [1.807, 2.05) is 56.2 Å². The molecule has 3 saturated heterocycles. The SMILES string of the molecule is CCCCCN(CCN1CC(C)(C)NC(C)(C)C1=O)c1nc(N(CCCCC)CCN2CC(C)(C)NC(C)(C)C2=O)nc(N(CCCCC)CCN2CC(C)(C)NC(C)(C)C2=O)n1. The number of anilines is 3. The molecule has 3 fully saturated rings. The predicted octanol–water partition coefficient (Wildman–Crippen LogP) is 5.83. The summed E-state index contributed by atoms with van der Waals surface area (Å²) in [5.74, 6) is 2.11. The van der Waals surface area contributed by atoms with Gasteiger partial charge in [0.1, 0.15) is 0 Å². The Balaban J connectivity index is 1.81. The molecule has 0 aliphatic carbocycles. The third-order valence-electron chi connectivity index (χ3n) is 12.6. The van der Waals surface area contributed by atoms with Gasteiger partial charge in [-0.05, 0) is 102 Å². The van der Waals surface area contributed by atoms with Crippen LogP contribution in [0.3, 0.4) is 0 Å². The van der Waals surface area contributed by atoms with Crippen LogP contribution in [0.15, 0.2) is 0 Å². The summed E-state index contributed by atoms with van der Waals surface area (Å²) in [5, 5.41) is 10.6. The van der Waals surface area contributed by atoms with E-state index >= 15 is 0 Å². The molecule has 0 saturated carbocycles. The van der Waals surface area contributed by atoms with Gasteiger partial charge in [0.25, 0.3) is 0 Å². The van der Waals surface area contributed by atoms with Crippen molar-refractivity contribution in [3.8, 4) is 0 Å². The lowest BCUT2D eigenvalue weighted by molar-refractivity contribution is -0.143. The number of hydrogen-bond donors (Lipinski definition) is 3. The first-order valence-corrected chi connectivity index (χ1v) is 24.5. The summed E-state index contributed by atoms with van der Waals surface area (Å²) in [5.41, 5.74) is -2.72. The van der Waals surface area contributed by atoms with E-state index in [0.29, 0.717) is 76.7 Å². The molecule has 1 aromatic heterocycles. The first kappa shape index (κ1) is 52.3. The van der Waals surface area contributed by atoms with Gasteiger partial charge in [-0.1, -0.05) is 59.3 Å². The summed E-state index contributed by atoms with van der Waals surface area (Å²) in [6.07, 6.45) is 9.33. The fourth-order valence-corrected chi connectivity index (χ4v) is 10.3. The Kier molecular flexibility index (Phi) is 17.7. The molecule has 4 heterocycles. The normalized spacial score (nSPS) is 21.2. The van der Waals surface area contributed by atoms with Crippen molar-refractivity contribution in [3.63, 3.8) is 0 Å². The average molecular weight is 883 g/mol. The molecular weight excluding hydrogens is 793 g/mol. The minimum Gasteiger partial charge on any atom is -0.339 e. The summed E-state index contributed by atoms with van der Waals surface area (Å²) in [7, 11) is 0. The fourth-order valence-electron chi connectivity index (χ4n) is 10.3. The second kappa shape index (κ2) is 21.3. The Morgan fingerprint density at radius 3 is 0.873 bits per heavy atom. The first-order valence-electron chi connectivity index (χ1n) is 24.5. The maximum Gasteiger partial charge on any atom is 0.242 e. The van der Waals surface area contributed by atoms with Crippen LogP contribution < -0.4 is 30.7 Å². The quantitative estimate of drug-likeness (QED) is 0.108. The van der Waals surface area contributed by atoms with Crippen LogP contribution in [0.25, 0.3) is 0 Å². The number of carbonyl (C=O) groups excluding carboxylic acids is 3. The average Bonchev–Trinajstić information content (AvgIpc) is 3.16. The highest BCUT2D eigenvalue weighted by Crippen LogP contribution is 2.27. The van der Waals surface area contributed by atoms with E-state index in [-0.39, 0.29) is 34.3 Å². The van der Waals surface area contributed by atoms with Gasteiger partial charge in [-0.2, -0.15) is 15.0 Å². The molecular formula is C48H90N12O3. The van der Waals surface area contributed by atoms with Gasteiger partial charge in [-0.3, -0.25) is 30.3 Å². The van der Waals surface area contributed by atoms with Gasteiger partial charge < -0.3 is 29.4 Å². The molecule has 0 aromatic carbocycles. The molecule has 1 aromatic rings. The highest BCUT2D eigenvalue weighted by Gasteiger charge is 2.45. The highest BCUT2D eigenvalue weighted by atomic mass is 16.2. The zero-order chi connectivity index (χ0) is 47.0. The largest absolute Gasteiger partial charge is 0.339 e. The number of nitrogens with zero attached hydrogens (tertiary/aromatic N) is 9. The molecule has 360 valence electrons. The van der Waals surface area contributed by atoms with E-state index in [1.165, 1.54) is 0 Å². The van der Waals surface area contributed by atoms with Crippen LogP contribution in [-0.2, 0) is 14.4 Å². The molecule has 3 amide bonds. The van der Waals surface area contributed by atoms with Gasteiger partial charge in [0, 0.05) is 95.2 Å². The van der Waals surface area contributed by atoms with Crippen molar-refractivity contribution in [1.29, 1.82) is 0 Å². The molecule has 0 spiro atoms. The van der Waals surface area contributed by atoms with E-state index in [1.54, 1.807) is 0 Å². The Bertz CT molecular complexity index is 1470. The van der Waals surface area contributed by atoms with Crippen LogP contribution in [0, 0.1) is 0 Å². The molecule has 0 atom stereocenters. The molecule has 4 rings (SSSR count).